The van der Waals surface area contributed by atoms with Crippen LogP contribution in [0.1, 0.15) is 39.2 Å². The minimum Gasteiger partial charge on any atom is -0.393 e. The molecule has 1 amide bonds. The molecule has 2 aromatic rings. The zero-order valence-corrected chi connectivity index (χ0v) is 13.1. The molecule has 1 N–H and O–H groups in total. The van der Waals surface area contributed by atoms with Crippen molar-refractivity contribution in [3.8, 4) is 0 Å². The molecule has 2 heterocycles. The smallest absolute Gasteiger partial charge is 0.245 e. The third-order valence-corrected chi connectivity index (χ3v) is 4.53. The molecular formula is C17H23N3O2. The van der Waals surface area contributed by atoms with Crippen molar-refractivity contribution in [2.75, 3.05) is 6.54 Å². The fourth-order valence-electron chi connectivity index (χ4n) is 3.41. The number of hydrogen-bond donors (Lipinski definition) is 1. The SMILES string of the molecule is CC(O)CC1CCCN1C(=O)C(C)n1cnc2ccccc21. The van der Waals surface area contributed by atoms with Crippen molar-refractivity contribution in [3.63, 3.8) is 0 Å². The number of nitrogens with zero attached hydrogens (tertiary/aromatic N) is 3. The summed E-state index contributed by atoms with van der Waals surface area (Å²) < 4.78 is 1.94. The lowest BCUT2D eigenvalue weighted by Gasteiger charge is -2.29. The molecule has 1 fully saturated rings. The van der Waals surface area contributed by atoms with Gasteiger partial charge in [-0.1, -0.05) is 12.1 Å². The van der Waals surface area contributed by atoms with Gasteiger partial charge in [-0.3, -0.25) is 4.79 Å². The Balaban J connectivity index is 1.82. The number of carbonyl (C=O) groups is 1. The summed E-state index contributed by atoms with van der Waals surface area (Å²) in [6, 6.07) is 7.74. The number of aromatic nitrogens is 2. The Morgan fingerprint density at radius 3 is 2.95 bits per heavy atom. The molecule has 0 bridgehead atoms. The number of rotatable bonds is 4. The number of carbonyl (C=O) groups excluding carboxylic acids is 1. The maximum Gasteiger partial charge on any atom is 0.245 e. The highest BCUT2D eigenvalue weighted by atomic mass is 16.3. The number of para-hydroxylation sites is 2. The highest BCUT2D eigenvalue weighted by Gasteiger charge is 2.32. The maximum atomic E-state index is 12.9. The van der Waals surface area contributed by atoms with Crippen LogP contribution in [0.4, 0.5) is 0 Å². The molecular weight excluding hydrogens is 278 g/mol. The number of likely N-dealkylation sites (tertiary alicyclic amines) is 1. The second-order valence-corrected chi connectivity index (χ2v) is 6.23. The second kappa shape index (κ2) is 6.08. The topological polar surface area (TPSA) is 58.4 Å². The summed E-state index contributed by atoms with van der Waals surface area (Å²) in [6.07, 6.45) is 4.02. The number of amides is 1. The average molecular weight is 301 g/mol. The van der Waals surface area contributed by atoms with E-state index in [1.165, 1.54) is 0 Å². The van der Waals surface area contributed by atoms with Crippen LogP contribution in [0.2, 0.25) is 0 Å². The van der Waals surface area contributed by atoms with E-state index in [0.717, 1.165) is 30.4 Å². The molecule has 3 unspecified atom stereocenters. The highest BCUT2D eigenvalue weighted by Crippen LogP contribution is 2.26. The van der Waals surface area contributed by atoms with Crippen LogP contribution < -0.4 is 0 Å². The number of imidazole rings is 1. The Bertz CT molecular complexity index is 665. The highest BCUT2D eigenvalue weighted by molar-refractivity contribution is 5.84. The summed E-state index contributed by atoms with van der Waals surface area (Å²) in [6.45, 7) is 4.50. The predicted molar refractivity (Wildman–Crippen MR) is 85.5 cm³/mol. The minimum atomic E-state index is -0.372. The van der Waals surface area contributed by atoms with Gasteiger partial charge in [-0.2, -0.15) is 0 Å². The molecule has 1 aromatic heterocycles. The van der Waals surface area contributed by atoms with E-state index in [0.29, 0.717) is 6.42 Å². The second-order valence-electron chi connectivity index (χ2n) is 6.23. The lowest BCUT2D eigenvalue weighted by molar-refractivity contribution is -0.135. The first-order chi connectivity index (χ1) is 10.6. The Kier molecular flexibility index (Phi) is 4.16. The first-order valence-electron chi connectivity index (χ1n) is 7.98. The van der Waals surface area contributed by atoms with Crippen molar-refractivity contribution in [1.82, 2.24) is 14.5 Å². The molecule has 0 radical (unpaired) electrons. The number of aliphatic hydroxyl groups is 1. The zero-order chi connectivity index (χ0) is 15.7. The Morgan fingerprint density at radius 1 is 1.41 bits per heavy atom. The van der Waals surface area contributed by atoms with Crippen LogP contribution in [0.3, 0.4) is 0 Å². The van der Waals surface area contributed by atoms with Gasteiger partial charge in [0, 0.05) is 12.6 Å². The largest absolute Gasteiger partial charge is 0.393 e. The molecule has 1 saturated heterocycles. The van der Waals surface area contributed by atoms with Gasteiger partial charge in [0.05, 0.1) is 23.5 Å². The third-order valence-electron chi connectivity index (χ3n) is 4.53. The molecule has 1 aromatic carbocycles. The third kappa shape index (κ3) is 2.73. The molecule has 0 spiro atoms. The average Bonchev–Trinajstić information content (AvgIpc) is 3.11. The molecule has 3 atom stereocenters. The quantitative estimate of drug-likeness (QED) is 0.943. The van der Waals surface area contributed by atoms with Gasteiger partial charge in [-0.25, -0.2) is 4.98 Å². The number of fused-ring (bicyclic) bond motifs is 1. The fraction of sp³-hybridized carbons (Fsp3) is 0.529. The van der Waals surface area contributed by atoms with Crippen molar-refractivity contribution in [1.29, 1.82) is 0 Å². The van der Waals surface area contributed by atoms with Gasteiger partial charge in [-0.05, 0) is 45.2 Å². The first-order valence-corrected chi connectivity index (χ1v) is 7.98. The van der Waals surface area contributed by atoms with Gasteiger partial charge in [0.1, 0.15) is 6.04 Å². The summed E-state index contributed by atoms with van der Waals surface area (Å²) in [5, 5.41) is 9.62. The van der Waals surface area contributed by atoms with E-state index in [1.807, 2.05) is 40.7 Å². The number of hydrogen-bond acceptors (Lipinski definition) is 3. The van der Waals surface area contributed by atoms with E-state index < -0.39 is 0 Å². The molecule has 0 saturated carbocycles. The van der Waals surface area contributed by atoms with E-state index in [-0.39, 0.29) is 24.1 Å². The molecule has 22 heavy (non-hydrogen) atoms. The van der Waals surface area contributed by atoms with Crippen LogP contribution in [0, 0.1) is 0 Å². The van der Waals surface area contributed by atoms with Gasteiger partial charge < -0.3 is 14.6 Å². The van der Waals surface area contributed by atoms with Gasteiger partial charge in [0.25, 0.3) is 0 Å². The van der Waals surface area contributed by atoms with Crippen LogP contribution in [-0.4, -0.2) is 44.2 Å². The summed E-state index contributed by atoms with van der Waals surface area (Å²) in [7, 11) is 0. The number of aliphatic hydroxyl groups excluding tert-OH is 1. The zero-order valence-electron chi connectivity index (χ0n) is 13.1. The standard InChI is InChI=1S/C17H23N3O2/c1-12(21)10-14-6-5-9-19(14)17(22)13(2)20-11-18-15-7-3-4-8-16(15)20/h3-4,7-8,11-14,21H,5-6,9-10H2,1-2H3. The van der Waals surface area contributed by atoms with Crippen LogP contribution in [0.25, 0.3) is 11.0 Å². The van der Waals surface area contributed by atoms with Crippen molar-refractivity contribution in [2.24, 2.45) is 0 Å². The monoisotopic (exact) mass is 301 g/mol. The lowest BCUT2D eigenvalue weighted by atomic mass is 10.1. The van der Waals surface area contributed by atoms with Crippen molar-refractivity contribution in [3.05, 3.63) is 30.6 Å². The van der Waals surface area contributed by atoms with Gasteiger partial charge in [0.2, 0.25) is 5.91 Å². The normalized spacial score (nSPS) is 21.2. The van der Waals surface area contributed by atoms with Crippen LogP contribution >= 0.6 is 0 Å². The van der Waals surface area contributed by atoms with Crippen LogP contribution in [0.5, 0.6) is 0 Å². The summed E-state index contributed by atoms with van der Waals surface area (Å²) >= 11 is 0. The molecule has 3 rings (SSSR count). The molecule has 1 aliphatic rings. The van der Waals surface area contributed by atoms with E-state index >= 15 is 0 Å². The predicted octanol–water partition coefficient (Wildman–Crippen LogP) is 2.36. The van der Waals surface area contributed by atoms with Gasteiger partial charge in [-0.15, -0.1) is 0 Å². The molecule has 5 heteroatoms. The van der Waals surface area contributed by atoms with Gasteiger partial charge in [0.15, 0.2) is 0 Å². The summed E-state index contributed by atoms with van der Waals surface area (Å²) in [4.78, 5) is 19.2. The van der Waals surface area contributed by atoms with Crippen molar-refractivity contribution >= 4 is 16.9 Å². The van der Waals surface area contributed by atoms with E-state index in [9.17, 15) is 9.90 Å². The summed E-state index contributed by atoms with van der Waals surface area (Å²) in [5.41, 5.74) is 1.89. The Labute approximate surface area is 130 Å². The van der Waals surface area contributed by atoms with E-state index in [1.54, 1.807) is 13.3 Å². The molecule has 1 aliphatic heterocycles. The Morgan fingerprint density at radius 2 is 2.18 bits per heavy atom. The van der Waals surface area contributed by atoms with Crippen LogP contribution in [-0.2, 0) is 4.79 Å². The first kappa shape index (κ1) is 15.0. The van der Waals surface area contributed by atoms with Crippen LogP contribution in [0.15, 0.2) is 30.6 Å². The Hall–Kier alpha value is -1.88. The molecule has 5 nitrogen and oxygen atoms in total. The van der Waals surface area contributed by atoms with E-state index in [2.05, 4.69) is 4.98 Å². The molecule has 118 valence electrons. The van der Waals surface area contributed by atoms with Crippen molar-refractivity contribution < 1.29 is 9.90 Å². The van der Waals surface area contributed by atoms with Gasteiger partial charge >= 0.3 is 0 Å². The fourth-order valence-corrected chi connectivity index (χ4v) is 3.41. The summed E-state index contributed by atoms with van der Waals surface area (Å²) in [5.74, 6) is 0.117. The van der Waals surface area contributed by atoms with E-state index in [4.69, 9.17) is 0 Å². The lowest BCUT2D eigenvalue weighted by Crippen LogP contribution is -2.40. The number of benzene rings is 1. The van der Waals surface area contributed by atoms with Crippen molar-refractivity contribution in [2.45, 2.75) is 51.3 Å². The molecule has 0 aliphatic carbocycles. The maximum absolute atomic E-state index is 12.9. The minimum absolute atomic E-state index is 0.117.